The van der Waals surface area contributed by atoms with E-state index < -0.39 is 0 Å². The van der Waals surface area contributed by atoms with E-state index in [-0.39, 0.29) is 5.97 Å². The molecule has 0 amide bonds. The summed E-state index contributed by atoms with van der Waals surface area (Å²) in [6.07, 6.45) is 1.55. The molecular weight excluding hydrogens is 244 g/mol. The molecule has 19 heavy (non-hydrogen) atoms. The molecule has 0 heterocycles. The normalized spacial score (nSPS) is 9.21. The Morgan fingerprint density at radius 3 is 2.21 bits per heavy atom. The number of carbonyl (C=O) groups is 2. The molecule has 0 spiro atoms. The zero-order valence-electron chi connectivity index (χ0n) is 11.8. The van der Waals surface area contributed by atoms with Gasteiger partial charge in [0.1, 0.15) is 5.78 Å². The number of benzene rings is 1. The van der Waals surface area contributed by atoms with Crippen LogP contribution in [0, 0.1) is 0 Å². The van der Waals surface area contributed by atoms with Gasteiger partial charge in [0, 0.05) is 20.0 Å². The van der Waals surface area contributed by atoms with Crippen molar-refractivity contribution in [2.24, 2.45) is 0 Å². The first-order valence-corrected chi connectivity index (χ1v) is 6.25. The van der Waals surface area contributed by atoms with Crippen LogP contribution in [0.5, 0.6) is 0 Å². The number of ketones is 1. The fourth-order valence-electron chi connectivity index (χ4n) is 1.24. The maximum atomic E-state index is 11.0. The van der Waals surface area contributed by atoms with Crippen LogP contribution in [0.1, 0.15) is 25.3 Å². The van der Waals surface area contributed by atoms with Crippen molar-refractivity contribution in [3.63, 3.8) is 0 Å². The Bertz CT molecular complexity index is 360. The van der Waals surface area contributed by atoms with Crippen molar-refractivity contribution in [3.05, 3.63) is 35.9 Å². The van der Waals surface area contributed by atoms with Crippen LogP contribution in [-0.2, 0) is 25.5 Å². The van der Waals surface area contributed by atoms with Crippen LogP contribution in [0.4, 0.5) is 0 Å². The van der Waals surface area contributed by atoms with E-state index in [0.717, 1.165) is 5.56 Å². The summed E-state index contributed by atoms with van der Waals surface area (Å²) < 4.78 is 8.95. The molecule has 0 bridgehead atoms. The molecule has 0 aliphatic rings. The maximum Gasteiger partial charge on any atom is 0.307 e. The minimum atomic E-state index is -0.230. The highest BCUT2D eigenvalue weighted by Crippen LogP contribution is 2.00. The number of hydrogen-bond donors (Lipinski definition) is 0. The molecule has 0 aliphatic carbocycles. The van der Waals surface area contributed by atoms with Crippen LogP contribution in [-0.4, -0.2) is 32.6 Å². The van der Waals surface area contributed by atoms with Crippen LogP contribution in [0.2, 0.25) is 0 Å². The summed E-state index contributed by atoms with van der Waals surface area (Å²) in [7, 11) is 2.90. The number of ether oxygens (including phenoxy) is 2. The number of rotatable bonds is 6. The number of Topliss-reactive ketones (excluding diaryl/α,β-unsaturated/α-hetero) is 1. The van der Waals surface area contributed by atoms with E-state index in [0.29, 0.717) is 31.7 Å². The van der Waals surface area contributed by atoms with Gasteiger partial charge in [-0.1, -0.05) is 37.3 Å². The lowest BCUT2D eigenvalue weighted by atomic mass is 10.1. The van der Waals surface area contributed by atoms with E-state index in [2.05, 4.69) is 9.47 Å². The molecule has 0 atom stereocenters. The predicted octanol–water partition coefficient (Wildman–Crippen LogP) is 2.40. The lowest BCUT2D eigenvalue weighted by Crippen LogP contribution is -2.03. The van der Waals surface area contributed by atoms with Crippen molar-refractivity contribution in [2.45, 2.75) is 26.2 Å². The average Bonchev–Trinajstić information content (AvgIpc) is 2.46. The summed E-state index contributed by atoms with van der Waals surface area (Å²) in [6.45, 7) is 2.33. The Morgan fingerprint density at radius 1 is 1.11 bits per heavy atom. The monoisotopic (exact) mass is 266 g/mol. The third-order valence-electron chi connectivity index (χ3n) is 2.38. The predicted molar refractivity (Wildman–Crippen MR) is 74.0 cm³/mol. The van der Waals surface area contributed by atoms with Gasteiger partial charge >= 0.3 is 5.97 Å². The lowest BCUT2D eigenvalue weighted by Gasteiger charge is -1.96. The molecule has 0 saturated carbocycles. The van der Waals surface area contributed by atoms with Gasteiger partial charge in [-0.05, 0) is 5.56 Å². The standard InChI is InChI=1S/C10H12O.C5H10O3/c1-2-10(11)8-9-6-4-3-5-7-9;1-7-4-3-5(6)8-2/h3-7H,2,8H2,1H3;3-4H2,1-2H3. The van der Waals surface area contributed by atoms with Gasteiger partial charge in [0.2, 0.25) is 0 Å². The first-order valence-electron chi connectivity index (χ1n) is 6.25. The highest BCUT2D eigenvalue weighted by molar-refractivity contribution is 5.80. The fourth-order valence-corrected chi connectivity index (χ4v) is 1.24. The Balaban J connectivity index is 0.000000362. The largest absolute Gasteiger partial charge is 0.469 e. The Hall–Kier alpha value is -1.68. The van der Waals surface area contributed by atoms with Crippen LogP contribution in [0.25, 0.3) is 0 Å². The second kappa shape index (κ2) is 11.4. The summed E-state index contributed by atoms with van der Waals surface area (Å²) in [5, 5.41) is 0. The third-order valence-corrected chi connectivity index (χ3v) is 2.38. The van der Waals surface area contributed by atoms with Crippen molar-refractivity contribution >= 4 is 11.8 Å². The van der Waals surface area contributed by atoms with Gasteiger partial charge in [-0.25, -0.2) is 0 Å². The number of carbonyl (C=O) groups excluding carboxylic acids is 2. The minimum absolute atomic E-state index is 0.230. The van der Waals surface area contributed by atoms with Gasteiger partial charge < -0.3 is 9.47 Å². The Labute approximate surface area is 114 Å². The smallest absolute Gasteiger partial charge is 0.307 e. The van der Waals surface area contributed by atoms with Crippen LogP contribution in [0.15, 0.2) is 30.3 Å². The quantitative estimate of drug-likeness (QED) is 0.742. The molecule has 106 valence electrons. The lowest BCUT2D eigenvalue weighted by molar-refractivity contribution is -0.141. The molecular formula is C15H22O4. The summed E-state index contributed by atoms with van der Waals surface area (Å²) in [4.78, 5) is 21.2. The Kier molecular flexibility index (Phi) is 10.4. The topological polar surface area (TPSA) is 52.6 Å². The van der Waals surface area contributed by atoms with Crippen molar-refractivity contribution in [1.29, 1.82) is 0 Å². The molecule has 0 saturated heterocycles. The van der Waals surface area contributed by atoms with Crippen molar-refractivity contribution < 1.29 is 19.1 Å². The minimum Gasteiger partial charge on any atom is -0.469 e. The number of hydrogen-bond acceptors (Lipinski definition) is 4. The fraction of sp³-hybridized carbons (Fsp3) is 0.467. The van der Waals surface area contributed by atoms with Crippen molar-refractivity contribution in [1.82, 2.24) is 0 Å². The summed E-state index contributed by atoms with van der Waals surface area (Å²) in [6, 6.07) is 9.83. The summed E-state index contributed by atoms with van der Waals surface area (Å²) >= 11 is 0. The van der Waals surface area contributed by atoms with Gasteiger partial charge in [-0.15, -0.1) is 0 Å². The molecule has 4 nitrogen and oxygen atoms in total. The molecule has 1 rings (SSSR count). The molecule has 0 radical (unpaired) electrons. The molecule has 0 N–H and O–H groups in total. The first-order chi connectivity index (χ1) is 9.13. The van der Waals surface area contributed by atoms with Gasteiger partial charge in [-0.2, -0.15) is 0 Å². The molecule has 0 fully saturated rings. The van der Waals surface area contributed by atoms with Gasteiger partial charge in [0.05, 0.1) is 20.1 Å². The molecule has 1 aromatic carbocycles. The first kappa shape index (κ1) is 17.3. The Morgan fingerprint density at radius 2 is 1.74 bits per heavy atom. The molecule has 4 heteroatoms. The molecule has 0 aromatic heterocycles. The SMILES string of the molecule is CCC(=O)Cc1ccccc1.COCCC(=O)OC. The van der Waals surface area contributed by atoms with Crippen LogP contribution >= 0.6 is 0 Å². The second-order valence-corrected chi connectivity index (χ2v) is 3.87. The van der Waals surface area contributed by atoms with Crippen LogP contribution in [0.3, 0.4) is 0 Å². The maximum absolute atomic E-state index is 11.0. The molecule has 1 aromatic rings. The van der Waals surface area contributed by atoms with E-state index in [4.69, 9.17) is 0 Å². The van der Waals surface area contributed by atoms with E-state index in [9.17, 15) is 9.59 Å². The molecule has 0 unspecified atom stereocenters. The highest BCUT2D eigenvalue weighted by Gasteiger charge is 1.98. The number of methoxy groups -OCH3 is 2. The summed E-state index contributed by atoms with van der Waals surface area (Å²) in [5.74, 6) is 0.0723. The van der Waals surface area contributed by atoms with E-state index in [1.54, 1.807) is 7.11 Å². The van der Waals surface area contributed by atoms with Crippen molar-refractivity contribution in [2.75, 3.05) is 20.8 Å². The van der Waals surface area contributed by atoms with E-state index >= 15 is 0 Å². The van der Waals surface area contributed by atoms with Crippen LogP contribution < -0.4 is 0 Å². The van der Waals surface area contributed by atoms with E-state index in [1.165, 1.54) is 7.11 Å². The third kappa shape index (κ3) is 9.97. The average molecular weight is 266 g/mol. The van der Waals surface area contributed by atoms with Gasteiger partial charge in [0.15, 0.2) is 0 Å². The van der Waals surface area contributed by atoms with Gasteiger partial charge in [-0.3, -0.25) is 9.59 Å². The highest BCUT2D eigenvalue weighted by atomic mass is 16.5. The summed E-state index contributed by atoms with van der Waals surface area (Å²) in [5.41, 5.74) is 1.11. The van der Waals surface area contributed by atoms with E-state index in [1.807, 2.05) is 37.3 Å². The number of esters is 1. The second-order valence-electron chi connectivity index (χ2n) is 3.87. The molecule has 0 aliphatic heterocycles. The van der Waals surface area contributed by atoms with Gasteiger partial charge in [0.25, 0.3) is 0 Å². The zero-order valence-corrected chi connectivity index (χ0v) is 11.8. The zero-order chi connectivity index (χ0) is 14.5. The van der Waals surface area contributed by atoms with Crippen molar-refractivity contribution in [3.8, 4) is 0 Å².